The molecule has 0 saturated heterocycles. The molecule has 0 bridgehead atoms. The number of aromatic nitrogens is 2. The smallest absolute Gasteiger partial charge is 0.347 e. The van der Waals surface area contributed by atoms with Crippen molar-refractivity contribution in [2.75, 3.05) is 13.7 Å². The number of nitrogens with zero attached hydrogens (tertiary/aromatic N) is 3. The normalized spacial score (nSPS) is 21.9. The first kappa shape index (κ1) is 24.2. The van der Waals surface area contributed by atoms with E-state index in [2.05, 4.69) is 4.98 Å². The standard InChI is InChI=1S/C21H25N3O4.2ClH/c1-4-28-19-8-14-15-7-13(25)5-6-17(15)23-20(16(14)9-18(19)27-3)12-10-22-21(26)24(2)11-12;;/h8-11,13,15,17,25H,4-7H2,1-3H3;2*1H/t13-,15-,17-;;/m1../s1. The van der Waals surface area contributed by atoms with Crippen molar-refractivity contribution in [1.29, 1.82) is 0 Å². The molecule has 1 aliphatic heterocycles. The maximum absolute atomic E-state index is 11.7. The topological polar surface area (TPSA) is 85.9 Å². The number of rotatable bonds is 4. The van der Waals surface area contributed by atoms with Crippen LogP contribution in [0.4, 0.5) is 0 Å². The monoisotopic (exact) mass is 455 g/mol. The Hall–Kier alpha value is -2.09. The van der Waals surface area contributed by atoms with Gasteiger partial charge >= 0.3 is 5.69 Å². The molecule has 1 fully saturated rings. The Kier molecular flexibility index (Phi) is 7.91. The van der Waals surface area contributed by atoms with Crippen LogP contribution >= 0.6 is 24.8 Å². The van der Waals surface area contributed by atoms with E-state index in [0.29, 0.717) is 24.5 Å². The van der Waals surface area contributed by atoms with Crippen molar-refractivity contribution in [3.8, 4) is 11.5 Å². The Morgan fingerprint density at radius 2 is 2.00 bits per heavy atom. The molecule has 1 saturated carbocycles. The number of methoxy groups -OCH3 is 1. The van der Waals surface area contributed by atoms with Gasteiger partial charge in [0.25, 0.3) is 0 Å². The molecule has 4 rings (SSSR count). The van der Waals surface area contributed by atoms with Gasteiger partial charge in [0.2, 0.25) is 0 Å². The molecule has 3 atom stereocenters. The fourth-order valence-corrected chi connectivity index (χ4v) is 4.24. The summed E-state index contributed by atoms with van der Waals surface area (Å²) in [5, 5.41) is 10.2. The van der Waals surface area contributed by atoms with Crippen LogP contribution in [0.3, 0.4) is 0 Å². The van der Waals surface area contributed by atoms with Crippen LogP contribution < -0.4 is 15.2 Å². The quantitative estimate of drug-likeness (QED) is 0.765. The molecule has 2 aliphatic rings. The Balaban J connectivity index is 0.00000160. The number of aryl methyl sites for hydroxylation is 1. The first-order valence-corrected chi connectivity index (χ1v) is 9.65. The van der Waals surface area contributed by atoms with Gasteiger partial charge in [0, 0.05) is 36.5 Å². The summed E-state index contributed by atoms with van der Waals surface area (Å²) in [5.74, 6) is 1.47. The molecule has 0 amide bonds. The second-order valence-electron chi connectivity index (χ2n) is 7.38. The minimum absolute atomic E-state index is 0. The third-order valence-electron chi connectivity index (χ3n) is 5.59. The Bertz CT molecular complexity index is 993. The maximum Gasteiger partial charge on any atom is 0.347 e. The third kappa shape index (κ3) is 4.33. The van der Waals surface area contributed by atoms with E-state index >= 15 is 0 Å². The van der Waals surface area contributed by atoms with E-state index in [4.69, 9.17) is 14.5 Å². The van der Waals surface area contributed by atoms with E-state index < -0.39 is 0 Å². The van der Waals surface area contributed by atoms with Gasteiger partial charge in [0.15, 0.2) is 11.5 Å². The lowest BCUT2D eigenvalue weighted by atomic mass is 9.74. The summed E-state index contributed by atoms with van der Waals surface area (Å²) in [5.41, 5.74) is 3.34. The molecule has 1 N–H and O–H groups in total. The largest absolute Gasteiger partial charge is 0.493 e. The molecule has 7 nitrogen and oxygen atoms in total. The highest BCUT2D eigenvalue weighted by molar-refractivity contribution is 6.14. The molecule has 0 spiro atoms. The van der Waals surface area contributed by atoms with E-state index in [1.807, 2.05) is 19.1 Å². The van der Waals surface area contributed by atoms with Crippen LogP contribution in [0.15, 0.2) is 34.3 Å². The summed E-state index contributed by atoms with van der Waals surface area (Å²) in [4.78, 5) is 20.7. The lowest BCUT2D eigenvalue weighted by Crippen LogP contribution is -2.34. The summed E-state index contributed by atoms with van der Waals surface area (Å²) in [6, 6.07) is 4.06. The van der Waals surface area contributed by atoms with Gasteiger partial charge in [-0.25, -0.2) is 9.78 Å². The Morgan fingerprint density at radius 3 is 2.67 bits per heavy atom. The molecular formula is C21H27Cl2N3O4. The van der Waals surface area contributed by atoms with Crippen molar-refractivity contribution in [3.05, 3.63) is 51.7 Å². The van der Waals surface area contributed by atoms with Crippen LogP contribution in [0, 0.1) is 0 Å². The predicted octanol–water partition coefficient (Wildman–Crippen LogP) is 2.88. The molecule has 1 aromatic heterocycles. The minimum atomic E-state index is -0.317. The number of hydrogen-bond donors (Lipinski definition) is 1. The van der Waals surface area contributed by atoms with Crippen LogP contribution in [0.5, 0.6) is 11.5 Å². The number of benzene rings is 1. The van der Waals surface area contributed by atoms with Gasteiger partial charge in [-0.1, -0.05) is 0 Å². The average molecular weight is 456 g/mol. The van der Waals surface area contributed by atoms with E-state index in [1.54, 1.807) is 26.6 Å². The predicted molar refractivity (Wildman–Crippen MR) is 120 cm³/mol. The van der Waals surface area contributed by atoms with E-state index in [9.17, 15) is 9.90 Å². The second kappa shape index (κ2) is 9.81. The van der Waals surface area contributed by atoms with E-state index in [0.717, 1.165) is 35.2 Å². The van der Waals surface area contributed by atoms with Crippen LogP contribution in [0.25, 0.3) is 0 Å². The zero-order valence-electron chi connectivity index (χ0n) is 17.2. The Labute approximate surface area is 188 Å². The van der Waals surface area contributed by atoms with Crippen LogP contribution in [-0.4, -0.2) is 46.2 Å². The number of aliphatic imine (C=N–C) groups is 1. The van der Waals surface area contributed by atoms with E-state index in [-0.39, 0.29) is 48.6 Å². The van der Waals surface area contributed by atoms with Gasteiger partial charge in [-0.15, -0.1) is 24.8 Å². The van der Waals surface area contributed by atoms with Crippen molar-refractivity contribution in [2.24, 2.45) is 12.0 Å². The van der Waals surface area contributed by atoms with Crippen molar-refractivity contribution < 1.29 is 14.6 Å². The fraction of sp³-hybridized carbons (Fsp3) is 0.476. The van der Waals surface area contributed by atoms with Crippen molar-refractivity contribution in [2.45, 2.75) is 44.2 Å². The molecule has 0 unspecified atom stereocenters. The van der Waals surface area contributed by atoms with E-state index in [1.165, 1.54) is 4.57 Å². The highest BCUT2D eigenvalue weighted by atomic mass is 35.5. The SMILES string of the molecule is CCOc1cc2c(cc1OC)C(c1cnc(=O)n(C)c1)=N[C@@H]1CC[C@@H](O)C[C@H]21.Cl.Cl. The number of ether oxygens (including phenoxy) is 2. The lowest BCUT2D eigenvalue weighted by molar-refractivity contribution is 0.111. The van der Waals surface area contributed by atoms with Crippen molar-refractivity contribution >= 4 is 30.5 Å². The summed E-state index contributed by atoms with van der Waals surface area (Å²) in [6.07, 6.45) is 5.27. The third-order valence-corrected chi connectivity index (χ3v) is 5.59. The molecule has 2 aromatic rings. The molecule has 0 radical (unpaired) electrons. The maximum atomic E-state index is 11.7. The number of aliphatic hydroxyl groups is 1. The summed E-state index contributed by atoms with van der Waals surface area (Å²) < 4.78 is 12.8. The highest BCUT2D eigenvalue weighted by Crippen LogP contribution is 2.44. The van der Waals surface area contributed by atoms with Gasteiger partial charge in [0.1, 0.15) is 0 Å². The number of halogens is 2. The zero-order chi connectivity index (χ0) is 19.8. The number of fused-ring (bicyclic) bond motifs is 3. The van der Waals surface area contributed by atoms with Crippen LogP contribution in [0.2, 0.25) is 0 Å². The van der Waals surface area contributed by atoms with Gasteiger partial charge < -0.3 is 19.1 Å². The first-order chi connectivity index (χ1) is 13.5. The molecule has 2 heterocycles. The first-order valence-electron chi connectivity index (χ1n) is 9.65. The van der Waals surface area contributed by atoms with Gasteiger partial charge in [-0.3, -0.25) is 4.99 Å². The molecule has 30 heavy (non-hydrogen) atoms. The minimum Gasteiger partial charge on any atom is -0.493 e. The second-order valence-corrected chi connectivity index (χ2v) is 7.38. The van der Waals surface area contributed by atoms with Crippen LogP contribution in [0.1, 0.15) is 48.8 Å². The molecule has 164 valence electrons. The zero-order valence-corrected chi connectivity index (χ0v) is 18.8. The molecular weight excluding hydrogens is 429 g/mol. The summed E-state index contributed by atoms with van der Waals surface area (Å²) in [7, 11) is 3.30. The molecule has 1 aromatic carbocycles. The van der Waals surface area contributed by atoms with Gasteiger partial charge in [-0.05, 0) is 43.9 Å². The lowest BCUT2D eigenvalue weighted by Gasteiger charge is -2.37. The van der Waals surface area contributed by atoms with Gasteiger partial charge in [-0.2, -0.15) is 0 Å². The summed E-state index contributed by atoms with van der Waals surface area (Å²) >= 11 is 0. The molecule has 9 heteroatoms. The number of aliphatic hydroxyl groups excluding tert-OH is 1. The van der Waals surface area contributed by atoms with Crippen molar-refractivity contribution in [1.82, 2.24) is 9.55 Å². The average Bonchev–Trinajstić information content (AvgIpc) is 2.69. The fourth-order valence-electron chi connectivity index (χ4n) is 4.24. The highest BCUT2D eigenvalue weighted by Gasteiger charge is 2.37. The van der Waals surface area contributed by atoms with Crippen LogP contribution in [-0.2, 0) is 7.05 Å². The Morgan fingerprint density at radius 1 is 1.23 bits per heavy atom. The van der Waals surface area contributed by atoms with Crippen molar-refractivity contribution in [3.63, 3.8) is 0 Å². The number of hydrogen-bond acceptors (Lipinski definition) is 6. The summed E-state index contributed by atoms with van der Waals surface area (Å²) in [6.45, 7) is 2.48. The van der Waals surface area contributed by atoms with Gasteiger partial charge in [0.05, 0.1) is 31.6 Å². The molecule has 1 aliphatic carbocycles.